The molecule has 3 rings (SSSR count). The lowest BCUT2D eigenvalue weighted by Gasteiger charge is -2.30. The van der Waals surface area contributed by atoms with Gasteiger partial charge in [-0.15, -0.1) is 0 Å². The maximum absolute atomic E-state index is 12.9. The van der Waals surface area contributed by atoms with Crippen molar-refractivity contribution in [3.05, 3.63) is 70.8 Å². The molecule has 5 heteroatoms. The number of aryl methyl sites for hydroxylation is 1. The van der Waals surface area contributed by atoms with Gasteiger partial charge in [0.05, 0.1) is 19.1 Å². The molecule has 0 radical (unpaired) electrons. The van der Waals surface area contributed by atoms with Gasteiger partial charge in [-0.05, 0) is 60.7 Å². The zero-order valence-corrected chi connectivity index (χ0v) is 15.5. The molecule has 2 N–H and O–H groups in total. The van der Waals surface area contributed by atoms with Crippen LogP contribution < -0.4 is 10.1 Å². The van der Waals surface area contributed by atoms with Gasteiger partial charge in [-0.2, -0.15) is 0 Å². The molecule has 1 atom stereocenters. The predicted molar refractivity (Wildman–Crippen MR) is 104 cm³/mol. The van der Waals surface area contributed by atoms with Crippen molar-refractivity contribution < 1.29 is 19.4 Å². The Morgan fingerprint density at radius 1 is 1.22 bits per heavy atom. The van der Waals surface area contributed by atoms with Crippen LogP contribution in [0, 0.1) is 0 Å². The van der Waals surface area contributed by atoms with Gasteiger partial charge in [0.2, 0.25) is 0 Å². The first kappa shape index (κ1) is 18.7. The van der Waals surface area contributed by atoms with Crippen molar-refractivity contribution in [3.8, 4) is 5.75 Å². The van der Waals surface area contributed by atoms with E-state index < -0.39 is 11.5 Å². The average Bonchev–Trinajstić information content (AvgIpc) is 2.67. The Bertz CT molecular complexity index is 903. The van der Waals surface area contributed by atoms with Crippen LogP contribution in [0.5, 0.6) is 5.75 Å². The SMILES string of the molecule is COc1cccc(C(C)(CC(=O)O)NC(=O)c2ccc3c(c2)CCC=C3)c1. The number of methoxy groups -OCH3 is 1. The molecule has 1 unspecified atom stereocenters. The van der Waals surface area contributed by atoms with Crippen LogP contribution in [0.25, 0.3) is 6.08 Å². The molecule has 2 aromatic carbocycles. The monoisotopic (exact) mass is 365 g/mol. The molecule has 140 valence electrons. The lowest BCUT2D eigenvalue weighted by Crippen LogP contribution is -2.45. The first-order valence-electron chi connectivity index (χ1n) is 8.89. The molecular weight excluding hydrogens is 342 g/mol. The summed E-state index contributed by atoms with van der Waals surface area (Å²) in [6, 6.07) is 12.7. The maximum atomic E-state index is 12.9. The highest BCUT2D eigenvalue weighted by Crippen LogP contribution is 2.29. The second-order valence-electron chi connectivity index (χ2n) is 6.94. The molecule has 1 aliphatic carbocycles. The largest absolute Gasteiger partial charge is 0.497 e. The van der Waals surface area contributed by atoms with E-state index in [1.54, 1.807) is 44.4 Å². The van der Waals surface area contributed by atoms with Gasteiger partial charge in [0.25, 0.3) is 5.91 Å². The second kappa shape index (κ2) is 7.66. The molecule has 0 aromatic heterocycles. The van der Waals surface area contributed by atoms with Crippen LogP contribution in [0.15, 0.2) is 48.5 Å². The lowest BCUT2D eigenvalue weighted by atomic mass is 9.87. The Morgan fingerprint density at radius 3 is 2.78 bits per heavy atom. The average molecular weight is 365 g/mol. The fourth-order valence-corrected chi connectivity index (χ4v) is 3.39. The number of carboxylic acid groups (broad SMARTS) is 1. The van der Waals surface area contributed by atoms with E-state index in [1.165, 1.54) is 0 Å². The van der Waals surface area contributed by atoms with Crippen LogP contribution in [-0.2, 0) is 16.8 Å². The summed E-state index contributed by atoms with van der Waals surface area (Å²) in [6.45, 7) is 1.72. The second-order valence-corrected chi connectivity index (χ2v) is 6.94. The van der Waals surface area contributed by atoms with Crippen molar-refractivity contribution in [2.24, 2.45) is 0 Å². The molecule has 1 amide bonds. The Morgan fingerprint density at radius 2 is 2.04 bits per heavy atom. The van der Waals surface area contributed by atoms with Crippen LogP contribution in [0.4, 0.5) is 0 Å². The number of ether oxygens (including phenoxy) is 1. The molecule has 0 bridgehead atoms. The Balaban J connectivity index is 1.91. The smallest absolute Gasteiger partial charge is 0.306 e. The normalized spacial score (nSPS) is 14.7. The van der Waals surface area contributed by atoms with Crippen molar-refractivity contribution in [2.45, 2.75) is 31.7 Å². The number of aliphatic carboxylic acids is 1. The number of amides is 1. The third-order valence-electron chi connectivity index (χ3n) is 4.88. The summed E-state index contributed by atoms with van der Waals surface area (Å²) in [5, 5.41) is 12.3. The summed E-state index contributed by atoms with van der Waals surface area (Å²) in [4.78, 5) is 24.4. The highest BCUT2D eigenvalue weighted by molar-refractivity contribution is 5.95. The topological polar surface area (TPSA) is 75.6 Å². The van der Waals surface area contributed by atoms with E-state index in [0.717, 1.165) is 24.0 Å². The molecule has 1 aliphatic rings. The number of carbonyl (C=O) groups is 2. The molecule has 5 nitrogen and oxygen atoms in total. The van der Waals surface area contributed by atoms with Crippen molar-refractivity contribution in [2.75, 3.05) is 7.11 Å². The van der Waals surface area contributed by atoms with Crippen molar-refractivity contribution >= 4 is 18.0 Å². The number of carboxylic acids is 1. The Hall–Kier alpha value is -3.08. The van der Waals surface area contributed by atoms with Crippen LogP contribution in [0.3, 0.4) is 0 Å². The minimum atomic E-state index is -1.06. The van der Waals surface area contributed by atoms with Gasteiger partial charge in [0.1, 0.15) is 5.75 Å². The molecule has 0 fully saturated rings. The molecule has 27 heavy (non-hydrogen) atoms. The van der Waals surface area contributed by atoms with Gasteiger partial charge in [-0.3, -0.25) is 9.59 Å². The van der Waals surface area contributed by atoms with E-state index in [2.05, 4.69) is 17.5 Å². The van der Waals surface area contributed by atoms with Gasteiger partial charge in [0, 0.05) is 5.56 Å². The van der Waals surface area contributed by atoms with E-state index in [1.807, 2.05) is 12.1 Å². The van der Waals surface area contributed by atoms with Crippen molar-refractivity contribution in [1.29, 1.82) is 0 Å². The summed E-state index contributed by atoms with van der Waals surface area (Å²) in [5.41, 5.74) is 2.40. The van der Waals surface area contributed by atoms with E-state index in [-0.39, 0.29) is 12.3 Å². The summed E-state index contributed by atoms with van der Waals surface area (Å²) in [7, 11) is 1.55. The van der Waals surface area contributed by atoms with E-state index >= 15 is 0 Å². The van der Waals surface area contributed by atoms with Crippen molar-refractivity contribution in [3.63, 3.8) is 0 Å². The molecule has 0 spiro atoms. The Labute approximate surface area is 158 Å². The third-order valence-corrected chi connectivity index (χ3v) is 4.88. The first-order valence-corrected chi connectivity index (χ1v) is 8.89. The number of nitrogens with one attached hydrogen (secondary N) is 1. The molecule has 0 saturated carbocycles. The van der Waals surface area contributed by atoms with Gasteiger partial charge in [-0.25, -0.2) is 0 Å². The first-order chi connectivity index (χ1) is 12.9. The zero-order chi connectivity index (χ0) is 19.4. The summed E-state index contributed by atoms with van der Waals surface area (Å²) < 4.78 is 5.24. The summed E-state index contributed by atoms with van der Waals surface area (Å²) in [6.07, 6.45) is 5.80. The predicted octanol–water partition coefficient (Wildman–Crippen LogP) is 3.77. The van der Waals surface area contributed by atoms with Crippen LogP contribution in [-0.4, -0.2) is 24.1 Å². The minimum Gasteiger partial charge on any atom is -0.497 e. The molecular formula is C22H23NO4. The van der Waals surface area contributed by atoms with Gasteiger partial charge in [0.15, 0.2) is 0 Å². The van der Waals surface area contributed by atoms with Gasteiger partial charge >= 0.3 is 5.97 Å². The van der Waals surface area contributed by atoms with Crippen molar-refractivity contribution in [1.82, 2.24) is 5.32 Å². The molecule has 0 saturated heterocycles. The van der Waals surface area contributed by atoms with Crippen LogP contribution >= 0.6 is 0 Å². The quantitative estimate of drug-likeness (QED) is 0.817. The number of rotatable bonds is 6. The van der Waals surface area contributed by atoms with E-state index in [9.17, 15) is 14.7 Å². The Kier molecular flexibility index (Phi) is 5.31. The zero-order valence-electron chi connectivity index (χ0n) is 15.5. The molecule has 2 aromatic rings. The summed E-state index contributed by atoms with van der Waals surface area (Å²) in [5.74, 6) is -0.672. The fraction of sp³-hybridized carbons (Fsp3) is 0.273. The van der Waals surface area contributed by atoms with E-state index in [4.69, 9.17) is 4.74 Å². The van der Waals surface area contributed by atoms with Gasteiger partial charge in [-0.1, -0.05) is 30.4 Å². The van der Waals surface area contributed by atoms with Crippen LogP contribution in [0.1, 0.15) is 46.8 Å². The lowest BCUT2D eigenvalue weighted by molar-refractivity contribution is -0.138. The number of fused-ring (bicyclic) bond motifs is 1. The number of hydrogen-bond acceptors (Lipinski definition) is 3. The number of allylic oxidation sites excluding steroid dienone is 1. The fourth-order valence-electron chi connectivity index (χ4n) is 3.39. The number of carbonyl (C=O) groups excluding carboxylic acids is 1. The molecule has 0 aliphatic heterocycles. The maximum Gasteiger partial charge on any atom is 0.306 e. The van der Waals surface area contributed by atoms with Crippen LogP contribution in [0.2, 0.25) is 0 Å². The minimum absolute atomic E-state index is 0.237. The standard InChI is InChI=1S/C22H23NO4/c1-22(14-20(24)25,18-8-5-9-19(13-18)27-2)23-21(26)17-11-10-15-6-3-4-7-16(15)12-17/h3,5-6,8-13H,4,7,14H2,1-2H3,(H,23,26)(H,24,25). The highest BCUT2D eigenvalue weighted by atomic mass is 16.5. The highest BCUT2D eigenvalue weighted by Gasteiger charge is 2.32. The van der Waals surface area contributed by atoms with E-state index in [0.29, 0.717) is 16.9 Å². The number of hydrogen-bond donors (Lipinski definition) is 2. The summed E-state index contributed by atoms with van der Waals surface area (Å²) >= 11 is 0. The van der Waals surface area contributed by atoms with Gasteiger partial charge < -0.3 is 15.2 Å². The third kappa shape index (κ3) is 4.19. The number of benzene rings is 2. The molecule has 0 heterocycles.